The molecule has 2 fully saturated rings. The van der Waals surface area contributed by atoms with Gasteiger partial charge in [0, 0.05) is 6.42 Å². The van der Waals surface area contributed by atoms with Gasteiger partial charge in [0.05, 0.1) is 0 Å². The van der Waals surface area contributed by atoms with E-state index in [1.54, 1.807) is 0 Å². The molecule has 2 aliphatic rings. The van der Waals surface area contributed by atoms with Gasteiger partial charge in [0.15, 0.2) is 0 Å². The normalized spacial score (nSPS) is 39.8. The SMILES string of the molecule is CC1CCC(C(C)C)C(C2C(CCC(=O)O)CCC(C(C)C)C2C)C1. The summed E-state index contributed by atoms with van der Waals surface area (Å²) in [5.74, 6) is 6.27. The van der Waals surface area contributed by atoms with Gasteiger partial charge in [-0.05, 0) is 85.4 Å². The lowest BCUT2D eigenvalue weighted by Gasteiger charge is -2.52. The average molecular weight is 351 g/mol. The highest BCUT2D eigenvalue weighted by atomic mass is 16.4. The van der Waals surface area contributed by atoms with Crippen molar-refractivity contribution in [1.29, 1.82) is 0 Å². The second-order valence-electron chi connectivity index (χ2n) is 10.1. The fraction of sp³-hybridized carbons (Fsp3) is 0.957. The van der Waals surface area contributed by atoms with Crippen LogP contribution in [0, 0.1) is 53.3 Å². The number of carboxylic acid groups (broad SMARTS) is 1. The minimum atomic E-state index is -0.616. The largest absolute Gasteiger partial charge is 0.481 e. The van der Waals surface area contributed by atoms with Crippen LogP contribution in [0.2, 0.25) is 0 Å². The Bertz CT molecular complexity index is 428. The summed E-state index contributed by atoms with van der Waals surface area (Å²) in [5.41, 5.74) is 0. The molecule has 2 heteroatoms. The Balaban J connectivity index is 2.27. The fourth-order valence-electron chi connectivity index (χ4n) is 6.62. The van der Waals surface area contributed by atoms with E-state index in [1.807, 2.05) is 0 Å². The van der Waals surface area contributed by atoms with Gasteiger partial charge in [0.2, 0.25) is 0 Å². The summed E-state index contributed by atoms with van der Waals surface area (Å²) in [7, 11) is 0. The van der Waals surface area contributed by atoms with Gasteiger partial charge in [-0.1, -0.05) is 48.0 Å². The summed E-state index contributed by atoms with van der Waals surface area (Å²) in [4.78, 5) is 11.2. The molecule has 2 aliphatic carbocycles. The Morgan fingerprint density at radius 3 is 2.12 bits per heavy atom. The number of rotatable bonds is 6. The standard InChI is InChI=1S/C23H42O2/c1-14(2)19-11-8-18(9-12-22(24)25)23(17(19)6)21-13-16(5)7-10-20(21)15(3)4/h14-21,23H,7-13H2,1-6H3,(H,24,25). The summed E-state index contributed by atoms with van der Waals surface area (Å²) in [6.07, 6.45) is 7.93. The number of carbonyl (C=O) groups is 1. The lowest BCUT2D eigenvalue weighted by Crippen LogP contribution is -2.44. The fourth-order valence-corrected chi connectivity index (χ4v) is 6.62. The van der Waals surface area contributed by atoms with Crippen LogP contribution in [-0.2, 0) is 4.79 Å². The second kappa shape index (κ2) is 8.91. The second-order valence-corrected chi connectivity index (χ2v) is 10.1. The highest BCUT2D eigenvalue weighted by molar-refractivity contribution is 5.66. The lowest BCUT2D eigenvalue weighted by molar-refractivity contribution is -0.137. The Labute approximate surface area is 156 Å². The molecule has 0 spiro atoms. The Morgan fingerprint density at radius 1 is 0.960 bits per heavy atom. The Kier molecular flexibility index (Phi) is 7.40. The van der Waals surface area contributed by atoms with E-state index >= 15 is 0 Å². The summed E-state index contributed by atoms with van der Waals surface area (Å²) < 4.78 is 0. The minimum Gasteiger partial charge on any atom is -0.481 e. The highest BCUT2D eigenvalue weighted by Gasteiger charge is 2.45. The molecule has 0 heterocycles. The zero-order valence-corrected chi connectivity index (χ0v) is 17.5. The molecule has 0 aromatic rings. The summed E-state index contributed by atoms with van der Waals surface area (Å²) in [6.45, 7) is 14.5. The minimum absolute atomic E-state index is 0.356. The van der Waals surface area contributed by atoms with E-state index in [4.69, 9.17) is 0 Å². The third-order valence-electron chi connectivity index (χ3n) is 7.85. The van der Waals surface area contributed by atoms with E-state index < -0.39 is 5.97 Å². The van der Waals surface area contributed by atoms with Crippen LogP contribution in [0.1, 0.15) is 86.5 Å². The van der Waals surface area contributed by atoms with Crippen molar-refractivity contribution in [2.75, 3.05) is 0 Å². The topological polar surface area (TPSA) is 37.3 Å². The van der Waals surface area contributed by atoms with Crippen LogP contribution in [0.5, 0.6) is 0 Å². The molecule has 7 unspecified atom stereocenters. The molecule has 2 saturated carbocycles. The van der Waals surface area contributed by atoms with Crippen molar-refractivity contribution in [1.82, 2.24) is 0 Å². The number of carboxylic acids is 1. The van der Waals surface area contributed by atoms with Gasteiger partial charge in [-0.25, -0.2) is 0 Å². The first kappa shape index (κ1) is 20.8. The number of aliphatic carboxylic acids is 1. The van der Waals surface area contributed by atoms with Gasteiger partial charge >= 0.3 is 5.97 Å². The van der Waals surface area contributed by atoms with Crippen molar-refractivity contribution >= 4 is 5.97 Å². The van der Waals surface area contributed by atoms with Crippen LogP contribution in [0.3, 0.4) is 0 Å². The maximum Gasteiger partial charge on any atom is 0.303 e. The van der Waals surface area contributed by atoms with E-state index in [0.29, 0.717) is 12.3 Å². The third kappa shape index (κ3) is 5.01. The third-order valence-corrected chi connectivity index (χ3v) is 7.85. The van der Waals surface area contributed by atoms with E-state index in [1.165, 1.54) is 32.1 Å². The molecule has 0 aromatic carbocycles. The van der Waals surface area contributed by atoms with Crippen molar-refractivity contribution in [2.24, 2.45) is 53.3 Å². The molecule has 2 nitrogen and oxygen atoms in total. The molecule has 146 valence electrons. The maximum absolute atomic E-state index is 11.2. The molecule has 7 atom stereocenters. The first-order valence-electron chi connectivity index (χ1n) is 10.9. The molecular formula is C23H42O2. The molecule has 0 bridgehead atoms. The molecule has 0 saturated heterocycles. The van der Waals surface area contributed by atoms with Gasteiger partial charge in [0.25, 0.3) is 0 Å². The molecule has 0 amide bonds. The van der Waals surface area contributed by atoms with Crippen molar-refractivity contribution in [2.45, 2.75) is 86.5 Å². The monoisotopic (exact) mass is 350 g/mol. The van der Waals surface area contributed by atoms with Crippen LogP contribution < -0.4 is 0 Å². The highest BCUT2D eigenvalue weighted by Crippen LogP contribution is 2.53. The molecule has 0 radical (unpaired) electrons. The van der Waals surface area contributed by atoms with Crippen molar-refractivity contribution in [3.05, 3.63) is 0 Å². The van der Waals surface area contributed by atoms with Crippen LogP contribution in [-0.4, -0.2) is 11.1 Å². The van der Waals surface area contributed by atoms with Crippen molar-refractivity contribution in [3.8, 4) is 0 Å². The van der Waals surface area contributed by atoms with Crippen LogP contribution in [0.15, 0.2) is 0 Å². The number of hydrogen-bond donors (Lipinski definition) is 1. The smallest absolute Gasteiger partial charge is 0.303 e. The van der Waals surface area contributed by atoms with Crippen molar-refractivity contribution in [3.63, 3.8) is 0 Å². The van der Waals surface area contributed by atoms with Gasteiger partial charge in [-0.3, -0.25) is 4.79 Å². The van der Waals surface area contributed by atoms with Crippen LogP contribution >= 0.6 is 0 Å². The van der Waals surface area contributed by atoms with Gasteiger partial charge in [-0.15, -0.1) is 0 Å². The first-order chi connectivity index (χ1) is 11.7. The van der Waals surface area contributed by atoms with E-state index in [9.17, 15) is 9.90 Å². The first-order valence-corrected chi connectivity index (χ1v) is 10.9. The van der Waals surface area contributed by atoms with E-state index in [-0.39, 0.29) is 0 Å². The van der Waals surface area contributed by atoms with E-state index in [0.717, 1.165) is 53.8 Å². The summed E-state index contributed by atoms with van der Waals surface area (Å²) >= 11 is 0. The van der Waals surface area contributed by atoms with E-state index in [2.05, 4.69) is 41.5 Å². The predicted molar refractivity (Wildman–Crippen MR) is 105 cm³/mol. The van der Waals surface area contributed by atoms with Crippen LogP contribution in [0.25, 0.3) is 0 Å². The predicted octanol–water partition coefficient (Wildman–Crippen LogP) is 6.49. The molecule has 25 heavy (non-hydrogen) atoms. The summed E-state index contributed by atoms with van der Waals surface area (Å²) in [6, 6.07) is 0. The molecule has 0 aromatic heterocycles. The van der Waals surface area contributed by atoms with Gasteiger partial charge < -0.3 is 5.11 Å². The molecule has 0 aliphatic heterocycles. The molecular weight excluding hydrogens is 308 g/mol. The Morgan fingerprint density at radius 2 is 1.56 bits per heavy atom. The average Bonchev–Trinajstić information content (AvgIpc) is 2.52. The Hall–Kier alpha value is -0.530. The molecule has 1 N–H and O–H groups in total. The van der Waals surface area contributed by atoms with Gasteiger partial charge in [-0.2, -0.15) is 0 Å². The van der Waals surface area contributed by atoms with Crippen LogP contribution in [0.4, 0.5) is 0 Å². The quantitative estimate of drug-likeness (QED) is 0.594. The molecule has 2 rings (SSSR count). The zero-order chi connectivity index (χ0) is 18.7. The van der Waals surface area contributed by atoms with Gasteiger partial charge in [0.1, 0.15) is 0 Å². The number of hydrogen-bond acceptors (Lipinski definition) is 1. The van der Waals surface area contributed by atoms with Crippen molar-refractivity contribution < 1.29 is 9.90 Å². The summed E-state index contributed by atoms with van der Waals surface area (Å²) in [5, 5.41) is 9.23. The zero-order valence-electron chi connectivity index (χ0n) is 17.5. The maximum atomic E-state index is 11.2. The lowest BCUT2D eigenvalue weighted by atomic mass is 9.53.